The van der Waals surface area contributed by atoms with E-state index in [1.54, 1.807) is 24.8 Å². The molecule has 3 heterocycles. The van der Waals surface area contributed by atoms with E-state index in [9.17, 15) is 0 Å². The molecule has 1 atom stereocenters. The third-order valence-corrected chi connectivity index (χ3v) is 3.28. The van der Waals surface area contributed by atoms with Gasteiger partial charge in [0.05, 0.1) is 12.7 Å². The second kappa shape index (κ2) is 5.22. The summed E-state index contributed by atoms with van der Waals surface area (Å²) in [6, 6.07) is 1.92. The minimum atomic E-state index is 0.197. The van der Waals surface area contributed by atoms with Crippen molar-refractivity contribution in [2.75, 3.05) is 18.0 Å². The second-order valence-corrected chi connectivity index (χ2v) is 4.68. The molecule has 1 fully saturated rings. The Labute approximate surface area is 112 Å². The van der Waals surface area contributed by atoms with Crippen LogP contribution in [0.1, 0.15) is 12.0 Å². The average molecular weight is 256 g/mol. The Bertz CT molecular complexity index is 546. The van der Waals surface area contributed by atoms with Crippen molar-refractivity contribution in [3.8, 4) is 5.75 Å². The van der Waals surface area contributed by atoms with Crippen molar-refractivity contribution in [3.63, 3.8) is 0 Å². The molecule has 0 saturated carbocycles. The van der Waals surface area contributed by atoms with E-state index in [1.165, 1.54) is 0 Å². The Balaban J connectivity index is 1.65. The lowest BCUT2D eigenvalue weighted by Crippen LogP contribution is -2.25. The Kier molecular flexibility index (Phi) is 3.27. The quantitative estimate of drug-likeness (QED) is 0.838. The largest absolute Gasteiger partial charge is 0.488 e. The van der Waals surface area contributed by atoms with E-state index < -0.39 is 0 Å². The highest BCUT2D eigenvalue weighted by Gasteiger charge is 2.25. The maximum atomic E-state index is 6.03. The summed E-state index contributed by atoms with van der Waals surface area (Å²) < 4.78 is 6.03. The van der Waals surface area contributed by atoms with E-state index in [2.05, 4.69) is 19.9 Å². The lowest BCUT2D eigenvalue weighted by molar-refractivity contribution is 0.223. The molecule has 1 unspecified atom stereocenters. The third kappa shape index (κ3) is 2.65. The molecule has 1 saturated heterocycles. The van der Waals surface area contributed by atoms with Gasteiger partial charge < -0.3 is 9.64 Å². The fourth-order valence-electron chi connectivity index (χ4n) is 2.26. The first-order valence-electron chi connectivity index (χ1n) is 6.41. The average Bonchev–Trinajstić information content (AvgIpc) is 2.91. The van der Waals surface area contributed by atoms with Crippen LogP contribution >= 0.6 is 0 Å². The van der Waals surface area contributed by atoms with E-state index in [4.69, 9.17) is 4.74 Å². The third-order valence-electron chi connectivity index (χ3n) is 3.28. The molecule has 0 bridgehead atoms. The van der Waals surface area contributed by atoms with Gasteiger partial charge in [-0.2, -0.15) is 0 Å². The molecule has 0 spiro atoms. The zero-order valence-electron chi connectivity index (χ0n) is 10.9. The lowest BCUT2D eigenvalue weighted by Gasteiger charge is -2.18. The first kappa shape index (κ1) is 11.9. The topological polar surface area (TPSA) is 51.1 Å². The van der Waals surface area contributed by atoms with Crippen LogP contribution in [0, 0.1) is 6.92 Å². The number of aryl methyl sites for hydroxylation is 1. The minimum absolute atomic E-state index is 0.197. The van der Waals surface area contributed by atoms with Crippen LogP contribution in [0.5, 0.6) is 5.75 Å². The molecule has 5 nitrogen and oxygen atoms in total. The lowest BCUT2D eigenvalue weighted by atomic mass is 10.2. The van der Waals surface area contributed by atoms with E-state index in [0.717, 1.165) is 36.6 Å². The molecule has 19 heavy (non-hydrogen) atoms. The van der Waals surface area contributed by atoms with E-state index in [-0.39, 0.29) is 6.10 Å². The van der Waals surface area contributed by atoms with E-state index in [0.29, 0.717) is 0 Å². The molecule has 1 aliphatic rings. The van der Waals surface area contributed by atoms with Crippen molar-refractivity contribution in [1.29, 1.82) is 0 Å². The summed E-state index contributed by atoms with van der Waals surface area (Å²) in [5.74, 6) is 1.83. The summed E-state index contributed by atoms with van der Waals surface area (Å²) in [5, 5.41) is 0. The van der Waals surface area contributed by atoms with Crippen LogP contribution in [-0.4, -0.2) is 34.1 Å². The Morgan fingerprint density at radius 3 is 2.89 bits per heavy atom. The predicted molar refractivity (Wildman–Crippen MR) is 72.3 cm³/mol. The highest BCUT2D eigenvalue weighted by Crippen LogP contribution is 2.23. The molecule has 3 rings (SSSR count). The zero-order chi connectivity index (χ0) is 13.1. The molecule has 98 valence electrons. The predicted octanol–water partition coefficient (Wildman–Crippen LogP) is 1.84. The van der Waals surface area contributed by atoms with Crippen LogP contribution < -0.4 is 9.64 Å². The number of anilines is 1. The molecule has 0 aliphatic carbocycles. The number of aromatic nitrogens is 3. The molecular weight excluding hydrogens is 240 g/mol. The van der Waals surface area contributed by atoms with Crippen LogP contribution in [-0.2, 0) is 0 Å². The summed E-state index contributed by atoms with van der Waals surface area (Å²) in [6.45, 7) is 3.81. The van der Waals surface area contributed by atoms with Gasteiger partial charge in [0.2, 0.25) is 0 Å². The van der Waals surface area contributed by atoms with Crippen LogP contribution in [0.2, 0.25) is 0 Å². The molecule has 0 amide bonds. The fourth-order valence-corrected chi connectivity index (χ4v) is 2.26. The molecule has 2 aromatic rings. The second-order valence-electron chi connectivity index (χ2n) is 4.68. The van der Waals surface area contributed by atoms with Gasteiger partial charge in [-0.05, 0) is 13.0 Å². The Morgan fingerprint density at radius 1 is 1.21 bits per heavy atom. The summed E-state index contributed by atoms with van der Waals surface area (Å²) >= 11 is 0. The van der Waals surface area contributed by atoms with Crippen molar-refractivity contribution in [3.05, 3.63) is 42.6 Å². The highest BCUT2D eigenvalue weighted by molar-refractivity contribution is 5.37. The Morgan fingerprint density at radius 2 is 2.11 bits per heavy atom. The molecule has 2 aromatic heterocycles. The molecule has 1 aliphatic heterocycles. The smallest absolute Gasteiger partial charge is 0.147 e. The van der Waals surface area contributed by atoms with Gasteiger partial charge in [0.1, 0.15) is 17.7 Å². The fraction of sp³-hybridized carbons (Fsp3) is 0.357. The van der Waals surface area contributed by atoms with E-state index in [1.807, 2.05) is 19.2 Å². The maximum absolute atomic E-state index is 6.03. The molecule has 0 radical (unpaired) electrons. The highest BCUT2D eigenvalue weighted by atomic mass is 16.5. The SMILES string of the molecule is Cc1cnccc1OC1CCN(c2cnccn2)C1. The van der Waals surface area contributed by atoms with Crippen molar-refractivity contribution in [2.45, 2.75) is 19.4 Å². The van der Waals surface area contributed by atoms with Gasteiger partial charge in [0.25, 0.3) is 0 Å². The monoisotopic (exact) mass is 256 g/mol. The minimum Gasteiger partial charge on any atom is -0.488 e. The summed E-state index contributed by atoms with van der Waals surface area (Å²) in [5.41, 5.74) is 1.07. The van der Waals surface area contributed by atoms with Crippen LogP contribution in [0.15, 0.2) is 37.1 Å². The number of ether oxygens (including phenoxy) is 1. The standard InChI is InChI=1S/C14H16N4O/c1-11-8-15-4-2-13(11)19-12-3-7-18(10-12)14-9-16-5-6-17-14/h2,4-6,8-9,12H,3,7,10H2,1H3. The normalized spacial score (nSPS) is 18.6. The zero-order valence-corrected chi connectivity index (χ0v) is 10.9. The van der Waals surface area contributed by atoms with Crippen molar-refractivity contribution in [1.82, 2.24) is 15.0 Å². The number of hydrogen-bond donors (Lipinski definition) is 0. The van der Waals surface area contributed by atoms with Gasteiger partial charge >= 0.3 is 0 Å². The van der Waals surface area contributed by atoms with Crippen molar-refractivity contribution in [2.24, 2.45) is 0 Å². The van der Waals surface area contributed by atoms with Crippen LogP contribution in [0.25, 0.3) is 0 Å². The van der Waals surface area contributed by atoms with Crippen molar-refractivity contribution >= 4 is 5.82 Å². The van der Waals surface area contributed by atoms with Crippen molar-refractivity contribution < 1.29 is 4.74 Å². The van der Waals surface area contributed by atoms with Crippen LogP contribution in [0.3, 0.4) is 0 Å². The van der Waals surface area contributed by atoms with Gasteiger partial charge in [0, 0.05) is 43.3 Å². The van der Waals surface area contributed by atoms with Crippen LogP contribution in [0.4, 0.5) is 5.82 Å². The van der Waals surface area contributed by atoms with Gasteiger partial charge in [-0.25, -0.2) is 4.98 Å². The molecular formula is C14H16N4O. The Hall–Kier alpha value is -2.17. The summed E-state index contributed by atoms with van der Waals surface area (Å²) in [4.78, 5) is 14.7. The van der Waals surface area contributed by atoms with Gasteiger partial charge in [-0.3, -0.25) is 9.97 Å². The molecule has 0 aromatic carbocycles. The van der Waals surface area contributed by atoms with Gasteiger partial charge in [-0.15, -0.1) is 0 Å². The number of pyridine rings is 1. The van der Waals surface area contributed by atoms with E-state index >= 15 is 0 Å². The number of nitrogens with zero attached hydrogens (tertiary/aromatic N) is 4. The van der Waals surface area contributed by atoms with Gasteiger partial charge in [-0.1, -0.05) is 0 Å². The van der Waals surface area contributed by atoms with Gasteiger partial charge in [0.15, 0.2) is 0 Å². The number of rotatable bonds is 3. The number of hydrogen-bond acceptors (Lipinski definition) is 5. The summed E-state index contributed by atoms with van der Waals surface area (Å²) in [6.07, 6.45) is 9.98. The molecule has 0 N–H and O–H groups in total. The first-order chi connectivity index (χ1) is 9.33. The molecule has 5 heteroatoms. The first-order valence-corrected chi connectivity index (χ1v) is 6.41. The summed E-state index contributed by atoms with van der Waals surface area (Å²) in [7, 11) is 0. The maximum Gasteiger partial charge on any atom is 0.147 e.